The summed E-state index contributed by atoms with van der Waals surface area (Å²) in [5.41, 5.74) is -0.366. The Labute approximate surface area is 235 Å². The molecule has 3 unspecified atom stereocenters. The second-order valence-corrected chi connectivity index (χ2v) is 10.2. The molecule has 2 aromatic rings. The van der Waals surface area contributed by atoms with Crippen LogP contribution in [0.15, 0.2) is 54.6 Å². The number of carboxylic acids is 2. The first-order chi connectivity index (χ1) is 19.3. The van der Waals surface area contributed by atoms with Gasteiger partial charge in [0.15, 0.2) is 6.04 Å². The summed E-state index contributed by atoms with van der Waals surface area (Å²) < 4.78 is 10.6. The number of nitrogens with zero attached hydrogens (tertiary/aromatic N) is 1. The number of Topliss-reactive ketones (excluding diaryl/α,β-unsaturated/α-hetero) is 1. The molecular weight excluding hydrogens is 538 g/mol. The van der Waals surface area contributed by atoms with E-state index in [-0.39, 0.29) is 30.9 Å². The van der Waals surface area contributed by atoms with Crippen LogP contribution in [0.4, 0.5) is 4.79 Å². The molecule has 0 radical (unpaired) electrons. The predicted molar refractivity (Wildman–Crippen MR) is 142 cm³/mol. The highest BCUT2D eigenvalue weighted by Gasteiger charge is 2.45. The van der Waals surface area contributed by atoms with E-state index in [2.05, 4.69) is 10.6 Å². The zero-order chi connectivity index (χ0) is 30.3. The molecule has 1 aliphatic rings. The van der Waals surface area contributed by atoms with E-state index in [4.69, 9.17) is 9.47 Å². The van der Waals surface area contributed by atoms with Gasteiger partial charge >= 0.3 is 18.0 Å². The van der Waals surface area contributed by atoms with Gasteiger partial charge in [-0.05, 0) is 50.6 Å². The average Bonchev–Trinajstić information content (AvgIpc) is 2.90. The number of amides is 3. The van der Waals surface area contributed by atoms with Crippen molar-refractivity contribution in [3.8, 4) is 5.75 Å². The van der Waals surface area contributed by atoms with Crippen molar-refractivity contribution in [1.29, 1.82) is 0 Å². The van der Waals surface area contributed by atoms with Crippen molar-refractivity contribution in [2.45, 2.75) is 50.9 Å². The highest BCUT2D eigenvalue weighted by molar-refractivity contribution is 6.43. The molecule has 0 saturated carbocycles. The van der Waals surface area contributed by atoms with E-state index < -0.39 is 59.4 Å². The summed E-state index contributed by atoms with van der Waals surface area (Å²) in [7, 11) is 0. The van der Waals surface area contributed by atoms with Gasteiger partial charge in [0, 0.05) is 12.0 Å². The number of β-lactam (4-membered cyclic amide) rings is 1. The van der Waals surface area contributed by atoms with Crippen LogP contribution in [-0.2, 0) is 23.9 Å². The zero-order valence-electron chi connectivity index (χ0n) is 22.7. The molecule has 1 saturated heterocycles. The quantitative estimate of drug-likeness (QED) is 0.167. The number of hydrogen-bond donors (Lipinski definition) is 4. The molecular formula is C28H31N3O10. The number of nitrogens with one attached hydrogen (secondary N) is 2. The normalized spacial score (nSPS) is 16.0. The highest BCUT2D eigenvalue weighted by Crippen LogP contribution is 2.27. The molecule has 2 aromatic carbocycles. The van der Waals surface area contributed by atoms with E-state index in [1.807, 2.05) is 0 Å². The van der Waals surface area contributed by atoms with Gasteiger partial charge in [0.1, 0.15) is 23.4 Å². The number of hydrogen-bond acceptors (Lipinski definition) is 8. The molecule has 3 amide bonds. The number of carbonyl (C=O) groups is 6. The van der Waals surface area contributed by atoms with Crippen LogP contribution in [0.1, 0.15) is 49.2 Å². The number of aliphatic carboxylic acids is 2. The Morgan fingerprint density at radius 1 is 0.976 bits per heavy atom. The summed E-state index contributed by atoms with van der Waals surface area (Å²) >= 11 is 0. The van der Waals surface area contributed by atoms with Gasteiger partial charge in [-0.2, -0.15) is 0 Å². The molecule has 0 spiro atoms. The Hall–Kier alpha value is -4.94. The fraction of sp³-hybridized carbons (Fsp3) is 0.357. The van der Waals surface area contributed by atoms with Crippen LogP contribution in [0.2, 0.25) is 0 Å². The Kier molecular flexibility index (Phi) is 9.66. The zero-order valence-corrected chi connectivity index (χ0v) is 22.7. The number of rotatable bonds is 12. The first kappa shape index (κ1) is 30.6. The molecule has 1 aliphatic heterocycles. The Morgan fingerprint density at radius 3 is 2.15 bits per heavy atom. The second-order valence-electron chi connectivity index (χ2n) is 10.2. The first-order valence-electron chi connectivity index (χ1n) is 12.7. The van der Waals surface area contributed by atoms with Crippen molar-refractivity contribution in [3.05, 3.63) is 65.7 Å². The van der Waals surface area contributed by atoms with Gasteiger partial charge in [-0.3, -0.25) is 14.4 Å². The molecule has 218 valence electrons. The molecule has 3 rings (SSSR count). The van der Waals surface area contributed by atoms with Gasteiger partial charge in [-0.15, -0.1) is 0 Å². The SMILES string of the molecule is CC(C)(C)OC(=O)NC(CCOc1ccc(C(=O)C(=O)NC2CN(C(C(=O)O)c3ccccc3)C2=O)cc1)C(=O)O. The third-order valence-electron chi connectivity index (χ3n) is 5.91. The van der Waals surface area contributed by atoms with Gasteiger partial charge in [0.2, 0.25) is 11.7 Å². The molecule has 41 heavy (non-hydrogen) atoms. The van der Waals surface area contributed by atoms with Crippen LogP contribution < -0.4 is 15.4 Å². The van der Waals surface area contributed by atoms with E-state index in [0.29, 0.717) is 5.56 Å². The van der Waals surface area contributed by atoms with Crippen molar-refractivity contribution in [3.63, 3.8) is 0 Å². The van der Waals surface area contributed by atoms with Crippen LogP contribution in [-0.4, -0.2) is 81.6 Å². The lowest BCUT2D eigenvalue weighted by Gasteiger charge is -2.42. The van der Waals surface area contributed by atoms with Gasteiger partial charge in [-0.25, -0.2) is 14.4 Å². The van der Waals surface area contributed by atoms with Crippen LogP contribution >= 0.6 is 0 Å². The minimum atomic E-state index is -1.27. The number of ether oxygens (including phenoxy) is 2. The smallest absolute Gasteiger partial charge is 0.408 e. The van der Waals surface area contributed by atoms with Crippen LogP contribution in [0.3, 0.4) is 0 Å². The Bertz CT molecular complexity index is 1300. The summed E-state index contributed by atoms with van der Waals surface area (Å²) in [4.78, 5) is 73.8. The predicted octanol–water partition coefficient (Wildman–Crippen LogP) is 1.77. The fourth-order valence-corrected chi connectivity index (χ4v) is 3.94. The number of ketones is 1. The monoisotopic (exact) mass is 569 g/mol. The summed E-state index contributed by atoms with van der Waals surface area (Å²) in [6.45, 7) is 4.78. The summed E-state index contributed by atoms with van der Waals surface area (Å²) in [6.07, 6.45) is -0.947. The maximum Gasteiger partial charge on any atom is 0.408 e. The van der Waals surface area contributed by atoms with Crippen molar-refractivity contribution in [1.82, 2.24) is 15.5 Å². The highest BCUT2D eigenvalue weighted by atomic mass is 16.6. The molecule has 13 nitrogen and oxygen atoms in total. The first-order valence-corrected chi connectivity index (χ1v) is 12.7. The van der Waals surface area contributed by atoms with Crippen molar-refractivity contribution in [2.24, 2.45) is 0 Å². The lowest BCUT2D eigenvalue weighted by atomic mass is 9.98. The lowest BCUT2D eigenvalue weighted by Crippen LogP contribution is -2.66. The third kappa shape index (κ3) is 8.27. The topological polar surface area (TPSA) is 189 Å². The molecule has 4 N–H and O–H groups in total. The maximum atomic E-state index is 12.6. The molecule has 13 heteroatoms. The number of carbonyl (C=O) groups excluding carboxylic acids is 4. The minimum absolute atomic E-state index is 0.0150. The van der Waals surface area contributed by atoms with Crippen molar-refractivity contribution in [2.75, 3.05) is 13.2 Å². The van der Waals surface area contributed by atoms with E-state index >= 15 is 0 Å². The molecule has 1 fully saturated rings. The molecule has 0 aliphatic carbocycles. The van der Waals surface area contributed by atoms with E-state index in [1.165, 1.54) is 24.3 Å². The maximum absolute atomic E-state index is 12.6. The fourth-order valence-electron chi connectivity index (χ4n) is 3.94. The molecule has 0 aromatic heterocycles. The largest absolute Gasteiger partial charge is 0.494 e. The van der Waals surface area contributed by atoms with Crippen LogP contribution in [0, 0.1) is 0 Å². The Morgan fingerprint density at radius 2 is 1.61 bits per heavy atom. The molecule has 1 heterocycles. The molecule has 3 atom stereocenters. The number of alkyl carbamates (subject to hydrolysis) is 1. The summed E-state index contributed by atoms with van der Waals surface area (Å²) in [6, 6.07) is 10.2. The van der Waals surface area contributed by atoms with Gasteiger partial charge in [0.25, 0.3) is 5.91 Å². The third-order valence-corrected chi connectivity index (χ3v) is 5.91. The van der Waals surface area contributed by atoms with Gasteiger partial charge < -0.3 is 35.2 Å². The van der Waals surface area contributed by atoms with Crippen molar-refractivity contribution < 1.29 is 48.5 Å². The molecule has 0 bridgehead atoms. The number of benzene rings is 2. The lowest BCUT2D eigenvalue weighted by molar-refractivity contribution is -0.160. The van der Waals surface area contributed by atoms with E-state index in [0.717, 1.165) is 4.90 Å². The number of likely N-dealkylation sites (tertiary alicyclic amines) is 1. The van der Waals surface area contributed by atoms with E-state index in [1.54, 1.807) is 51.1 Å². The average molecular weight is 570 g/mol. The second kappa shape index (κ2) is 12.9. The van der Waals surface area contributed by atoms with Crippen LogP contribution in [0.5, 0.6) is 5.75 Å². The van der Waals surface area contributed by atoms with Gasteiger partial charge in [-0.1, -0.05) is 30.3 Å². The van der Waals surface area contributed by atoms with E-state index in [9.17, 15) is 39.0 Å². The standard InChI is InChI=1S/C28H31N3O10/c1-28(2,3)41-27(39)30-19(25(35)36)13-14-40-18-11-9-17(10-12-18)22(32)23(33)29-20-15-31(24(20)34)21(26(37)38)16-7-5-4-6-8-16/h4-12,19-21H,13-15H2,1-3H3,(H,29,33)(H,30,39)(H,35,36)(H,37,38). The summed E-state index contributed by atoms with van der Waals surface area (Å²) in [5.74, 6) is -4.75. The van der Waals surface area contributed by atoms with Gasteiger partial charge in [0.05, 0.1) is 13.2 Å². The minimum Gasteiger partial charge on any atom is -0.494 e. The summed E-state index contributed by atoms with van der Waals surface area (Å²) in [5, 5.41) is 23.5. The van der Waals surface area contributed by atoms with Crippen molar-refractivity contribution >= 4 is 35.6 Å². The van der Waals surface area contributed by atoms with Crippen LogP contribution in [0.25, 0.3) is 0 Å². The Balaban J connectivity index is 1.49. The number of carboxylic acid groups (broad SMARTS) is 2.